The van der Waals surface area contributed by atoms with Crippen LogP contribution in [0.5, 0.6) is 0 Å². The highest BCUT2D eigenvalue weighted by Crippen LogP contribution is 2.41. The third-order valence-electron chi connectivity index (χ3n) is 4.99. The predicted octanol–water partition coefficient (Wildman–Crippen LogP) is 3.63. The second kappa shape index (κ2) is 6.72. The van der Waals surface area contributed by atoms with Crippen LogP contribution in [0.1, 0.15) is 12.5 Å². The summed E-state index contributed by atoms with van der Waals surface area (Å²) in [6.45, 7) is 3.06. The average molecular weight is 416 g/mol. The van der Waals surface area contributed by atoms with E-state index < -0.39 is 23.8 Å². The summed E-state index contributed by atoms with van der Waals surface area (Å²) in [7, 11) is 0. The molecular weight excluding hydrogens is 401 g/mol. The average Bonchev–Trinajstić information content (AvgIpc) is 3.16. The highest BCUT2D eigenvalue weighted by molar-refractivity contribution is 6.49. The second-order valence-electron chi connectivity index (χ2n) is 6.66. The Bertz CT molecular complexity index is 1070. The standard InChI is InChI=1S/C20H15Cl2N3O3/c1-10-12(21)7-5-9-14(10)24-19(27)16-17(11(2)26)23-25(18(16)20(24)28)15-8-4-3-6-13(15)22/h3-9,16,18H,1-2H3. The molecule has 2 aromatic rings. The first-order chi connectivity index (χ1) is 13.3. The Balaban J connectivity index is 1.86. The van der Waals surface area contributed by atoms with E-state index >= 15 is 0 Å². The SMILES string of the molecule is CC(=O)C1=NN(c2ccccc2Cl)C2C(=O)N(c3cccc(Cl)c3C)C(=O)C12. The van der Waals surface area contributed by atoms with Crippen molar-refractivity contribution in [3.8, 4) is 0 Å². The van der Waals surface area contributed by atoms with Gasteiger partial charge in [0.1, 0.15) is 17.7 Å². The van der Waals surface area contributed by atoms with E-state index in [1.807, 2.05) is 0 Å². The fourth-order valence-electron chi connectivity index (χ4n) is 3.62. The van der Waals surface area contributed by atoms with Gasteiger partial charge in [0.05, 0.1) is 16.4 Å². The van der Waals surface area contributed by atoms with Gasteiger partial charge in [-0.2, -0.15) is 5.10 Å². The quantitative estimate of drug-likeness (QED) is 0.717. The molecule has 8 heteroatoms. The lowest BCUT2D eigenvalue weighted by molar-refractivity contribution is -0.122. The number of carbonyl (C=O) groups excluding carboxylic acids is 3. The highest BCUT2D eigenvalue weighted by Gasteiger charge is 2.58. The van der Waals surface area contributed by atoms with Gasteiger partial charge < -0.3 is 0 Å². The van der Waals surface area contributed by atoms with Gasteiger partial charge >= 0.3 is 0 Å². The molecule has 2 heterocycles. The van der Waals surface area contributed by atoms with Crippen molar-refractivity contribution in [1.82, 2.24) is 0 Å². The minimum Gasteiger partial charge on any atom is -0.293 e. The molecule has 2 amide bonds. The molecule has 1 saturated heterocycles. The van der Waals surface area contributed by atoms with Crippen LogP contribution < -0.4 is 9.91 Å². The van der Waals surface area contributed by atoms with E-state index in [0.717, 1.165) is 4.90 Å². The van der Waals surface area contributed by atoms with E-state index in [4.69, 9.17) is 23.2 Å². The van der Waals surface area contributed by atoms with Crippen LogP contribution in [0.4, 0.5) is 11.4 Å². The summed E-state index contributed by atoms with van der Waals surface area (Å²) in [5, 5.41) is 6.48. The highest BCUT2D eigenvalue weighted by atomic mass is 35.5. The Morgan fingerprint density at radius 2 is 1.61 bits per heavy atom. The molecule has 2 unspecified atom stereocenters. The molecule has 2 aliphatic rings. The number of rotatable bonds is 3. The van der Waals surface area contributed by atoms with Gasteiger partial charge in [0.15, 0.2) is 5.78 Å². The monoisotopic (exact) mass is 415 g/mol. The van der Waals surface area contributed by atoms with Crippen molar-refractivity contribution in [2.75, 3.05) is 9.91 Å². The lowest BCUT2D eigenvalue weighted by Crippen LogP contribution is -2.39. The predicted molar refractivity (Wildman–Crippen MR) is 108 cm³/mol. The zero-order valence-electron chi connectivity index (χ0n) is 15.0. The molecule has 0 radical (unpaired) electrons. The second-order valence-corrected chi connectivity index (χ2v) is 7.47. The van der Waals surface area contributed by atoms with Crippen LogP contribution in [0.25, 0.3) is 0 Å². The van der Waals surface area contributed by atoms with Crippen LogP contribution >= 0.6 is 23.2 Å². The van der Waals surface area contributed by atoms with E-state index in [2.05, 4.69) is 5.10 Å². The largest absolute Gasteiger partial charge is 0.293 e. The van der Waals surface area contributed by atoms with Crippen LogP contribution in [0.15, 0.2) is 47.6 Å². The number of nitrogens with zero attached hydrogens (tertiary/aromatic N) is 3. The van der Waals surface area contributed by atoms with Crippen molar-refractivity contribution in [3.63, 3.8) is 0 Å². The normalized spacial score (nSPS) is 21.2. The maximum atomic E-state index is 13.3. The lowest BCUT2D eigenvalue weighted by atomic mass is 9.95. The topological polar surface area (TPSA) is 70.1 Å². The van der Waals surface area contributed by atoms with Gasteiger partial charge in [0.25, 0.3) is 5.91 Å². The minimum absolute atomic E-state index is 0.0467. The Labute approximate surface area is 171 Å². The van der Waals surface area contributed by atoms with Crippen molar-refractivity contribution < 1.29 is 14.4 Å². The molecule has 0 spiro atoms. The van der Waals surface area contributed by atoms with Gasteiger partial charge in [0.2, 0.25) is 5.91 Å². The number of hydrogen-bond donors (Lipinski definition) is 0. The first-order valence-corrected chi connectivity index (χ1v) is 9.34. The van der Waals surface area contributed by atoms with E-state index in [1.54, 1.807) is 49.4 Å². The van der Waals surface area contributed by atoms with Gasteiger partial charge in [-0.25, -0.2) is 9.91 Å². The van der Waals surface area contributed by atoms with E-state index in [1.165, 1.54) is 11.9 Å². The molecule has 4 rings (SSSR count). The maximum absolute atomic E-state index is 13.3. The maximum Gasteiger partial charge on any atom is 0.259 e. The molecule has 28 heavy (non-hydrogen) atoms. The van der Waals surface area contributed by atoms with Gasteiger partial charge in [0, 0.05) is 11.9 Å². The zero-order chi connectivity index (χ0) is 20.2. The molecule has 2 aliphatic heterocycles. The third-order valence-corrected chi connectivity index (χ3v) is 5.72. The number of amides is 2. The fraction of sp³-hybridized carbons (Fsp3) is 0.200. The van der Waals surface area contributed by atoms with Gasteiger partial charge in [-0.3, -0.25) is 14.4 Å². The van der Waals surface area contributed by atoms with Crippen molar-refractivity contribution >= 4 is 57.9 Å². The molecule has 2 atom stereocenters. The Kier molecular flexibility index (Phi) is 4.48. The Morgan fingerprint density at radius 3 is 2.29 bits per heavy atom. The first kappa shape index (κ1) is 18.7. The molecule has 0 aliphatic carbocycles. The number of ketones is 1. The number of benzene rings is 2. The van der Waals surface area contributed by atoms with E-state index in [9.17, 15) is 14.4 Å². The summed E-state index contributed by atoms with van der Waals surface area (Å²) in [6.07, 6.45) is 0. The molecule has 0 aromatic heterocycles. The number of imide groups is 1. The summed E-state index contributed by atoms with van der Waals surface area (Å²) >= 11 is 12.5. The Hall–Kier alpha value is -2.70. The van der Waals surface area contributed by atoms with Gasteiger partial charge in [-0.15, -0.1) is 0 Å². The van der Waals surface area contributed by atoms with Crippen molar-refractivity contribution in [2.24, 2.45) is 11.0 Å². The molecule has 0 saturated carbocycles. The summed E-state index contributed by atoms with van der Waals surface area (Å²) in [5.74, 6) is -2.32. The number of halogens is 2. The molecule has 0 bridgehead atoms. The van der Waals surface area contributed by atoms with Crippen molar-refractivity contribution in [1.29, 1.82) is 0 Å². The first-order valence-electron chi connectivity index (χ1n) is 8.59. The van der Waals surface area contributed by atoms with E-state index in [0.29, 0.717) is 27.0 Å². The number of hydrogen-bond acceptors (Lipinski definition) is 5. The summed E-state index contributed by atoms with van der Waals surface area (Å²) in [5.41, 5.74) is 1.52. The Morgan fingerprint density at radius 1 is 0.964 bits per heavy atom. The molecular formula is C20H15Cl2N3O3. The number of carbonyl (C=O) groups is 3. The van der Waals surface area contributed by atoms with Gasteiger partial charge in [-0.05, 0) is 36.8 Å². The van der Waals surface area contributed by atoms with Crippen LogP contribution in [-0.2, 0) is 14.4 Å². The summed E-state index contributed by atoms with van der Waals surface area (Å²) in [6, 6.07) is 10.9. The molecule has 1 fully saturated rings. The van der Waals surface area contributed by atoms with Crippen LogP contribution in [0, 0.1) is 12.8 Å². The number of anilines is 2. The smallest absolute Gasteiger partial charge is 0.259 e. The molecule has 142 valence electrons. The molecule has 2 aromatic carbocycles. The molecule has 6 nitrogen and oxygen atoms in total. The van der Waals surface area contributed by atoms with Crippen LogP contribution in [0.2, 0.25) is 10.0 Å². The van der Waals surface area contributed by atoms with Crippen LogP contribution in [-0.4, -0.2) is 29.4 Å². The van der Waals surface area contributed by atoms with Crippen LogP contribution in [0.3, 0.4) is 0 Å². The number of Topliss-reactive ketones (excluding diaryl/α,β-unsaturated/α-hetero) is 1. The third kappa shape index (κ3) is 2.64. The number of para-hydroxylation sites is 1. The van der Waals surface area contributed by atoms with Crippen molar-refractivity contribution in [2.45, 2.75) is 19.9 Å². The summed E-state index contributed by atoms with van der Waals surface area (Å²) in [4.78, 5) is 39.8. The lowest BCUT2D eigenvalue weighted by Gasteiger charge is -2.23. The van der Waals surface area contributed by atoms with E-state index in [-0.39, 0.29) is 11.5 Å². The number of fused-ring (bicyclic) bond motifs is 1. The fourth-order valence-corrected chi connectivity index (χ4v) is 4.01. The zero-order valence-corrected chi connectivity index (χ0v) is 16.5. The van der Waals surface area contributed by atoms with Gasteiger partial charge in [-0.1, -0.05) is 41.4 Å². The number of hydrazone groups is 1. The summed E-state index contributed by atoms with van der Waals surface area (Å²) < 4.78 is 0. The minimum atomic E-state index is -0.986. The van der Waals surface area contributed by atoms with Crippen molar-refractivity contribution in [3.05, 3.63) is 58.1 Å². The molecule has 0 N–H and O–H groups in total.